The standard InChI is InChI=1S/C13H19BrN2OS/c1-16(7-11-6-10(14)8-18-11)12(17)13(9-15)4-2-3-5-13/h6,8H,2-5,7,9,15H2,1H3. The van der Waals surface area contributed by atoms with Crippen LogP contribution in [0.5, 0.6) is 0 Å². The van der Waals surface area contributed by atoms with E-state index in [1.54, 1.807) is 11.3 Å². The van der Waals surface area contributed by atoms with E-state index in [2.05, 4.69) is 22.0 Å². The van der Waals surface area contributed by atoms with Crippen LogP contribution in [0.15, 0.2) is 15.9 Å². The first-order valence-corrected chi connectivity index (χ1v) is 7.93. The normalized spacial score (nSPS) is 17.9. The molecule has 1 heterocycles. The third kappa shape index (κ3) is 2.78. The quantitative estimate of drug-likeness (QED) is 0.922. The highest BCUT2D eigenvalue weighted by Crippen LogP contribution is 2.39. The fourth-order valence-electron chi connectivity index (χ4n) is 2.70. The number of carbonyl (C=O) groups excluding carboxylic acids is 1. The minimum Gasteiger partial charge on any atom is -0.340 e. The third-order valence-corrected chi connectivity index (χ3v) is 5.45. The molecule has 1 saturated carbocycles. The number of amides is 1. The molecule has 1 aromatic heterocycles. The fraction of sp³-hybridized carbons (Fsp3) is 0.615. The van der Waals surface area contributed by atoms with E-state index in [1.165, 1.54) is 4.88 Å². The van der Waals surface area contributed by atoms with Gasteiger partial charge in [-0.15, -0.1) is 11.3 Å². The summed E-state index contributed by atoms with van der Waals surface area (Å²) in [5.74, 6) is 0.215. The first kappa shape index (κ1) is 14.0. The molecule has 2 rings (SSSR count). The number of thiophene rings is 1. The van der Waals surface area contributed by atoms with Gasteiger partial charge in [-0.1, -0.05) is 12.8 Å². The van der Waals surface area contributed by atoms with Crippen LogP contribution >= 0.6 is 27.3 Å². The minimum atomic E-state index is -0.288. The molecule has 0 unspecified atom stereocenters. The summed E-state index contributed by atoms with van der Waals surface area (Å²) in [5, 5.41) is 2.04. The Hall–Kier alpha value is -0.390. The van der Waals surface area contributed by atoms with Gasteiger partial charge in [-0.25, -0.2) is 0 Å². The molecular formula is C13H19BrN2OS. The zero-order chi connectivity index (χ0) is 13.2. The topological polar surface area (TPSA) is 46.3 Å². The van der Waals surface area contributed by atoms with Gasteiger partial charge in [-0.2, -0.15) is 0 Å². The van der Waals surface area contributed by atoms with Crippen molar-refractivity contribution in [3.63, 3.8) is 0 Å². The van der Waals surface area contributed by atoms with Crippen molar-refractivity contribution in [2.45, 2.75) is 32.2 Å². The predicted octanol–water partition coefficient (Wildman–Crippen LogP) is 2.99. The number of halogens is 1. The van der Waals surface area contributed by atoms with Gasteiger partial charge in [0.25, 0.3) is 0 Å². The Balaban J connectivity index is 2.04. The van der Waals surface area contributed by atoms with Crippen molar-refractivity contribution >= 4 is 33.2 Å². The van der Waals surface area contributed by atoms with Crippen LogP contribution in [-0.2, 0) is 11.3 Å². The molecule has 0 spiro atoms. The summed E-state index contributed by atoms with van der Waals surface area (Å²) < 4.78 is 1.08. The SMILES string of the molecule is CN(Cc1cc(Br)cs1)C(=O)C1(CN)CCCC1. The molecule has 1 aliphatic carbocycles. The van der Waals surface area contributed by atoms with Gasteiger partial charge >= 0.3 is 0 Å². The van der Waals surface area contributed by atoms with Crippen LogP contribution in [0.4, 0.5) is 0 Å². The van der Waals surface area contributed by atoms with Crippen molar-refractivity contribution in [2.75, 3.05) is 13.6 Å². The van der Waals surface area contributed by atoms with Gasteiger partial charge in [0.05, 0.1) is 12.0 Å². The van der Waals surface area contributed by atoms with E-state index in [4.69, 9.17) is 5.73 Å². The lowest BCUT2D eigenvalue weighted by Crippen LogP contribution is -2.44. The first-order chi connectivity index (χ1) is 8.57. The van der Waals surface area contributed by atoms with Crippen LogP contribution in [0.2, 0.25) is 0 Å². The van der Waals surface area contributed by atoms with E-state index in [0.29, 0.717) is 13.1 Å². The van der Waals surface area contributed by atoms with Gasteiger partial charge < -0.3 is 10.6 Å². The Labute approximate surface area is 120 Å². The maximum absolute atomic E-state index is 12.5. The lowest BCUT2D eigenvalue weighted by Gasteiger charge is -2.31. The Morgan fingerprint density at radius 3 is 2.72 bits per heavy atom. The first-order valence-electron chi connectivity index (χ1n) is 6.26. The van der Waals surface area contributed by atoms with Crippen molar-refractivity contribution in [1.82, 2.24) is 4.90 Å². The number of carbonyl (C=O) groups is 1. The minimum absolute atomic E-state index is 0.215. The Morgan fingerprint density at radius 1 is 1.56 bits per heavy atom. The van der Waals surface area contributed by atoms with Gasteiger partial charge in [0, 0.05) is 28.3 Å². The summed E-state index contributed by atoms with van der Waals surface area (Å²) in [7, 11) is 1.88. The van der Waals surface area contributed by atoms with Crippen molar-refractivity contribution < 1.29 is 4.79 Å². The van der Waals surface area contributed by atoms with E-state index < -0.39 is 0 Å². The summed E-state index contributed by atoms with van der Waals surface area (Å²) >= 11 is 5.11. The van der Waals surface area contributed by atoms with Gasteiger partial charge in [0.2, 0.25) is 5.91 Å². The molecule has 1 aliphatic rings. The van der Waals surface area contributed by atoms with Crippen molar-refractivity contribution in [2.24, 2.45) is 11.1 Å². The zero-order valence-electron chi connectivity index (χ0n) is 10.6. The maximum atomic E-state index is 12.5. The van der Waals surface area contributed by atoms with E-state index >= 15 is 0 Å². The number of rotatable bonds is 4. The average Bonchev–Trinajstić information content (AvgIpc) is 2.98. The molecule has 1 aromatic rings. The van der Waals surface area contributed by atoms with E-state index in [-0.39, 0.29) is 11.3 Å². The largest absolute Gasteiger partial charge is 0.340 e. The smallest absolute Gasteiger partial charge is 0.230 e. The Morgan fingerprint density at radius 2 is 2.22 bits per heavy atom. The molecule has 0 saturated heterocycles. The summed E-state index contributed by atoms with van der Waals surface area (Å²) in [6.07, 6.45) is 4.14. The highest BCUT2D eigenvalue weighted by Gasteiger charge is 2.41. The Kier molecular flexibility index (Phi) is 4.45. The highest BCUT2D eigenvalue weighted by atomic mass is 79.9. The lowest BCUT2D eigenvalue weighted by molar-refractivity contribution is -0.140. The van der Waals surface area contributed by atoms with Crippen LogP contribution in [0.25, 0.3) is 0 Å². The second-order valence-electron chi connectivity index (χ2n) is 5.08. The molecule has 1 fully saturated rings. The van der Waals surface area contributed by atoms with Crippen LogP contribution in [-0.4, -0.2) is 24.4 Å². The van der Waals surface area contributed by atoms with Gasteiger partial charge in [0.15, 0.2) is 0 Å². The second kappa shape index (κ2) is 5.72. The summed E-state index contributed by atoms with van der Waals surface area (Å²) in [4.78, 5) is 15.6. The van der Waals surface area contributed by atoms with Gasteiger partial charge in [0.1, 0.15) is 0 Å². The van der Waals surface area contributed by atoms with Crippen molar-refractivity contribution in [1.29, 1.82) is 0 Å². The molecular weight excluding hydrogens is 312 g/mol. The van der Waals surface area contributed by atoms with Gasteiger partial charge in [-0.3, -0.25) is 4.79 Å². The lowest BCUT2D eigenvalue weighted by atomic mass is 9.85. The molecule has 0 aromatic carbocycles. The summed E-state index contributed by atoms with van der Waals surface area (Å²) in [5.41, 5.74) is 5.56. The molecule has 0 atom stereocenters. The van der Waals surface area contributed by atoms with Gasteiger partial charge in [-0.05, 0) is 34.8 Å². The molecule has 18 heavy (non-hydrogen) atoms. The van der Waals surface area contributed by atoms with Crippen LogP contribution in [0.1, 0.15) is 30.6 Å². The average molecular weight is 331 g/mol. The van der Waals surface area contributed by atoms with Crippen molar-refractivity contribution in [3.8, 4) is 0 Å². The van der Waals surface area contributed by atoms with Crippen LogP contribution in [0, 0.1) is 5.41 Å². The molecule has 0 aliphatic heterocycles. The van der Waals surface area contributed by atoms with E-state index in [0.717, 1.165) is 30.2 Å². The molecule has 0 bridgehead atoms. The van der Waals surface area contributed by atoms with E-state index in [9.17, 15) is 4.79 Å². The van der Waals surface area contributed by atoms with Crippen LogP contribution in [0.3, 0.4) is 0 Å². The van der Waals surface area contributed by atoms with E-state index in [1.807, 2.05) is 17.3 Å². The molecule has 1 amide bonds. The molecule has 0 radical (unpaired) electrons. The number of hydrogen-bond acceptors (Lipinski definition) is 3. The molecule has 3 nitrogen and oxygen atoms in total. The molecule has 5 heteroatoms. The second-order valence-corrected chi connectivity index (χ2v) is 7.00. The van der Waals surface area contributed by atoms with Crippen molar-refractivity contribution in [3.05, 3.63) is 20.8 Å². The molecule has 2 N–H and O–H groups in total. The summed E-state index contributed by atoms with van der Waals surface area (Å²) in [6.45, 7) is 1.15. The monoisotopic (exact) mass is 330 g/mol. The Bertz CT molecular complexity index is 426. The zero-order valence-corrected chi connectivity index (χ0v) is 13.0. The third-order valence-electron chi connectivity index (χ3n) is 3.77. The number of hydrogen-bond donors (Lipinski definition) is 1. The van der Waals surface area contributed by atoms with Crippen LogP contribution < -0.4 is 5.73 Å². The fourth-order valence-corrected chi connectivity index (χ4v) is 4.21. The number of nitrogens with zero attached hydrogens (tertiary/aromatic N) is 1. The number of nitrogens with two attached hydrogens (primary N) is 1. The maximum Gasteiger partial charge on any atom is 0.230 e. The highest BCUT2D eigenvalue weighted by molar-refractivity contribution is 9.10. The predicted molar refractivity (Wildman–Crippen MR) is 78.4 cm³/mol. The summed E-state index contributed by atoms with van der Waals surface area (Å²) in [6, 6.07) is 2.07. The molecule has 100 valence electrons.